The molecule has 3 heteroatoms. The van der Waals surface area contributed by atoms with E-state index in [9.17, 15) is 4.79 Å². The average Bonchev–Trinajstić information content (AvgIpc) is 2.17. The molecule has 0 radical (unpaired) electrons. The summed E-state index contributed by atoms with van der Waals surface area (Å²) in [5.74, 6) is -0.646. The molecule has 1 aliphatic carbocycles. The molecule has 0 spiro atoms. The molecular formula is C12H13ClO2. The predicted octanol–water partition coefficient (Wildman–Crippen LogP) is 3.23. The van der Waals surface area contributed by atoms with Gasteiger partial charge in [-0.2, -0.15) is 0 Å². The topological polar surface area (TPSA) is 37.3 Å². The van der Waals surface area contributed by atoms with Crippen molar-refractivity contribution in [3.63, 3.8) is 0 Å². The van der Waals surface area contributed by atoms with Crippen molar-refractivity contribution in [1.82, 2.24) is 0 Å². The molecule has 15 heavy (non-hydrogen) atoms. The maximum absolute atomic E-state index is 10.7. The molecule has 1 aliphatic rings. The second-order valence-electron chi connectivity index (χ2n) is 4.00. The van der Waals surface area contributed by atoms with Crippen molar-refractivity contribution in [2.24, 2.45) is 0 Å². The Bertz CT molecular complexity index is 387. The van der Waals surface area contributed by atoms with E-state index in [0.717, 1.165) is 29.8 Å². The van der Waals surface area contributed by atoms with Crippen LogP contribution in [-0.2, 0) is 11.2 Å². The highest BCUT2D eigenvalue weighted by molar-refractivity contribution is 6.31. The minimum Gasteiger partial charge on any atom is -0.481 e. The number of carbonyl (C=O) groups is 1. The maximum atomic E-state index is 10.7. The fourth-order valence-corrected chi connectivity index (χ4v) is 2.70. The number of hydrogen-bond acceptors (Lipinski definition) is 1. The monoisotopic (exact) mass is 224 g/mol. The fraction of sp³-hybridized carbons (Fsp3) is 0.417. The van der Waals surface area contributed by atoms with Crippen LogP contribution in [0.25, 0.3) is 0 Å². The lowest BCUT2D eigenvalue weighted by molar-refractivity contribution is -0.137. The third-order valence-electron chi connectivity index (χ3n) is 2.97. The van der Waals surface area contributed by atoms with Crippen LogP contribution in [-0.4, -0.2) is 11.1 Å². The van der Waals surface area contributed by atoms with Crippen molar-refractivity contribution in [2.75, 3.05) is 0 Å². The van der Waals surface area contributed by atoms with E-state index >= 15 is 0 Å². The molecule has 2 rings (SSSR count). The van der Waals surface area contributed by atoms with Crippen molar-refractivity contribution >= 4 is 17.6 Å². The van der Waals surface area contributed by atoms with Crippen molar-refractivity contribution in [3.8, 4) is 0 Å². The zero-order valence-corrected chi connectivity index (χ0v) is 9.13. The Morgan fingerprint density at radius 3 is 3.07 bits per heavy atom. The van der Waals surface area contributed by atoms with E-state index in [2.05, 4.69) is 6.07 Å². The van der Waals surface area contributed by atoms with Crippen LogP contribution in [0.5, 0.6) is 0 Å². The van der Waals surface area contributed by atoms with Gasteiger partial charge in [0.2, 0.25) is 0 Å². The molecule has 1 aromatic carbocycles. The van der Waals surface area contributed by atoms with Gasteiger partial charge in [0.05, 0.1) is 6.42 Å². The normalized spacial score (nSPS) is 19.7. The third kappa shape index (κ3) is 2.15. The number of benzene rings is 1. The quantitative estimate of drug-likeness (QED) is 0.838. The summed E-state index contributed by atoms with van der Waals surface area (Å²) in [6.07, 6.45) is 3.21. The highest BCUT2D eigenvalue weighted by Gasteiger charge is 2.24. The second-order valence-corrected chi connectivity index (χ2v) is 4.41. The van der Waals surface area contributed by atoms with Gasteiger partial charge in [0.15, 0.2) is 0 Å². The van der Waals surface area contributed by atoms with E-state index < -0.39 is 5.97 Å². The summed E-state index contributed by atoms with van der Waals surface area (Å²) < 4.78 is 0. The first kappa shape index (κ1) is 10.5. The van der Waals surface area contributed by atoms with Crippen molar-refractivity contribution in [3.05, 3.63) is 34.3 Å². The molecule has 1 atom stereocenters. The first-order valence-electron chi connectivity index (χ1n) is 5.17. The number of fused-ring (bicyclic) bond motifs is 1. The van der Waals surface area contributed by atoms with Crippen LogP contribution >= 0.6 is 11.6 Å². The predicted molar refractivity (Wildman–Crippen MR) is 59.4 cm³/mol. The first-order valence-corrected chi connectivity index (χ1v) is 5.55. The van der Waals surface area contributed by atoms with Gasteiger partial charge in [-0.25, -0.2) is 0 Å². The van der Waals surface area contributed by atoms with E-state index in [1.807, 2.05) is 12.1 Å². The first-order chi connectivity index (χ1) is 7.18. The lowest BCUT2D eigenvalue weighted by atomic mass is 9.81. The van der Waals surface area contributed by atoms with E-state index in [-0.39, 0.29) is 12.3 Å². The standard InChI is InChI=1S/C12H13ClO2/c13-10-6-2-4-8-3-1-5-9(12(8)10)7-11(14)15/h2,4,6,9H,1,3,5,7H2,(H,14,15). The summed E-state index contributed by atoms with van der Waals surface area (Å²) in [5.41, 5.74) is 2.29. The number of aryl methyl sites for hydroxylation is 1. The van der Waals surface area contributed by atoms with E-state index in [1.165, 1.54) is 5.56 Å². The maximum Gasteiger partial charge on any atom is 0.303 e. The Kier molecular flexibility index (Phi) is 2.96. The molecule has 0 saturated carbocycles. The summed E-state index contributed by atoms with van der Waals surface area (Å²) in [5, 5.41) is 9.56. The molecular weight excluding hydrogens is 212 g/mol. The van der Waals surface area contributed by atoms with Gasteiger partial charge in [-0.3, -0.25) is 4.79 Å². The highest BCUT2D eigenvalue weighted by Crippen LogP contribution is 2.38. The highest BCUT2D eigenvalue weighted by atomic mass is 35.5. The third-order valence-corrected chi connectivity index (χ3v) is 3.30. The van der Waals surface area contributed by atoms with Crippen LogP contribution in [0.1, 0.15) is 36.3 Å². The van der Waals surface area contributed by atoms with Gasteiger partial charge in [0.25, 0.3) is 0 Å². The zero-order valence-electron chi connectivity index (χ0n) is 8.37. The van der Waals surface area contributed by atoms with Gasteiger partial charge in [0, 0.05) is 5.02 Å². The Morgan fingerprint density at radius 2 is 2.33 bits per heavy atom. The lowest BCUT2D eigenvalue weighted by Gasteiger charge is -2.25. The fourth-order valence-electron chi connectivity index (χ4n) is 2.36. The summed E-state index contributed by atoms with van der Waals surface area (Å²) in [4.78, 5) is 10.7. The molecule has 0 amide bonds. The van der Waals surface area contributed by atoms with Crippen molar-refractivity contribution in [2.45, 2.75) is 31.6 Å². The molecule has 1 aromatic rings. The molecule has 0 aliphatic heterocycles. The van der Waals surface area contributed by atoms with Crippen LogP contribution in [0.4, 0.5) is 0 Å². The summed E-state index contributed by atoms with van der Waals surface area (Å²) >= 11 is 6.13. The summed E-state index contributed by atoms with van der Waals surface area (Å²) in [6, 6.07) is 5.83. The van der Waals surface area contributed by atoms with Crippen LogP contribution in [0.15, 0.2) is 18.2 Å². The van der Waals surface area contributed by atoms with E-state index in [4.69, 9.17) is 16.7 Å². The van der Waals surface area contributed by atoms with Gasteiger partial charge in [-0.1, -0.05) is 23.7 Å². The molecule has 0 fully saturated rings. The number of carboxylic acid groups (broad SMARTS) is 1. The Labute approximate surface area is 93.9 Å². The van der Waals surface area contributed by atoms with E-state index in [1.54, 1.807) is 0 Å². The van der Waals surface area contributed by atoms with Gasteiger partial charge in [-0.15, -0.1) is 0 Å². The van der Waals surface area contributed by atoms with Crippen LogP contribution in [0.3, 0.4) is 0 Å². The molecule has 2 nitrogen and oxygen atoms in total. The van der Waals surface area contributed by atoms with Crippen molar-refractivity contribution in [1.29, 1.82) is 0 Å². The molecule has 0 saturated heterocycles. The van der Waals surface area contributed by atoms with Crippen LogP contribution in [0, 0.1) is 0 Å². The molecule has 1 unspecified atom stereocenters. The summed E-state index contributed by atoms with van der Waals surface area (Å²) in [7, 11) is 0. The van der Waals surface area contributed by atoms with Gasteiger partial charge >= 0.3 is 5.97 Å². The van der Waals surface area contributed by atoms with Gasteiger partial charge in [-0.05, 0) is 42.4 Å². The number of rotatable bonds is 2. The van der Waals surface area contributed by atoms with E-state index in [0.29, 0.717) is 0 Å². The van der Waals surface area contributed by atoms with Crippen LogP contribution < -0.4 is 0 Å². The molecule has 0 aromatic heterocycles. The van der Waals surface area contributed by atoms with Crippen LogP contribution in [0.2, 0.25) is 5.02 Å². The largest absolute Gasteiger partial charge is 0.481 e. The zero-order chi connectivity index (χ0) is 10.8. The Morgan fingerprint density at radius 1 is 1.53 bits per heavy atom. The van der Waals surface area contributed by atoms with Gasteiger partial charge in [0.1, 0.15) is 0 Å². The molecule has 80 valence electrons. The van der Waals surface area contributed by atoms with Crippen molar-refractivity contribution < 1.29 is 9.90 Å². The second kappa shape index (κ2) is 4.23. The minimum absolute atomic E-state index is 0.0972. The Hall–Kier alpha value is -1.02. The molecule has 1 N–H and O–H groups in total. The average molecular weight is 225 g/mol. The smallest absolute Gasteiger partial charge is 0.303 e. The Balaban J connectivity index is 2.36. The minimum atomic E-state index is -0.743. The molecule has 0 bridgehead atoms. The van der Waals surface area contributed by atoms with Gasteiger partial charge < -0.3 is 5.11 Å². The number of aliphatic carboxylic acids is 1. The summed E-state index contributed by atoms with van der Waals surface area (Å²) in [6.45, 7) is 0. The lowest BCUT2D eigenvalue weighted by Crippen LogP contribution is -2.14. The number of halogens is 1. The molecule has 0 heterocycles. The number of hydrogen-bond donors (Lipinski definition) is 1. The SMILES string of the molecule is O=C(O)CC1CCCc2cccc(Cl)c21. The number of carboxylic acids is 1.